The molecular formula is C21H14BrNO2S2. The minimum atomic E-state index is -0.155. The molecule has 0 spiro atoms. The fourth-order valence-corrected chi connectivity index (χ4v) is 4.43. The summed E-state index contributed by atoms with van der Waals surface area (Å²) in [5.74, 6) is 0.599. The Morgan fingerprint density at radius 1 is 1.11 bits per heavy atom. The van der Waals surface area contributed by atoms with Crippen LogP contribution in [-0.2, 0) is 11.4 Å². The second-order valence-corrected chi connectivity index (χ2v) is 8.54. The minimum absolute atomic E-state index is 0.155. The van der Waals surface area contributed by atoms with E-state index in [-0.39, 0.29) is 5.91 Å². The van der Waals surface area contributed by atoms with Gasteiger partial charge in [0.05, 0.1) is 9.38 Å². The first-order chi connectivity index (χ1) is 13.1. The molecule has 6 heteroatoms. The van der Waals surface area contributed by atoms with E-state index in [0.29, 0.717) is 15.8 Å². The van der Waals surface area contributed by atoms with Crippen LogP contribution >= 0.6 is 39.9 Å². The van der Waals surface area contributed by atoms with Crippen LogP contribution in [0.2, 0.25) is 0 Å². The van der Waals surface area contributed by atoms with E-state index < -0.39 is 0 Å². The number of carbonyl (C=O) groups excluding carboxylic acids is 1. The molecular weight excluding hydrogens is 442 g/mol. The molecule has 0 aliphatic carbocycles. The summed E-state index contributed by atoms with van der Waals surface area (Å²) >= 11 is 9.84. The van der Waals surface area contributed by atoms with E-state index in [9.17, 15) is 4.79 Å². The molecule has 1 aliphatic heterocycles. The molecule has 1 N–H and O–H groups in total. The van der Waals surface area contributed by atoms with Gasteiger partial charge >= 0.3 is 0 Å². The zero-order valence-electron chi connectivity index (χ0n) is 14.1. The highest BCUT2D eigenvalue weighted by Crippen LogP contribution is 2.31. The van der Waals surface area contributed by atoms with E-state index in [0.717, 1.165) is 21.3 Å². The molecule has 27 heavy (non-hydrogen) atoms. The van der Waals surface area contributed by atoms with Crippen molar-refractivity contribution in [2.45, 2.75) is 6.61 Å². The van der Waals surface area contributed by atoms with Crippen LogP contribution in [0.25, 0.3) is 16.8 Å². The fraction of sp³-hybridized carbons (Fsp3) is 0.0476. The average molecular weight is 456 g/mol. The summed E-state index contributed by atoms with van der Waals surface area (Å²) in [4.78, 5) is 12.4. The number of benzene rings is 3. The van der Waals surface area contributed by atoms with Crippen molar-refractivity contribution < 1.29 is 9.53 Å². The van der Waals surface area contributed by atoms with E-state index in [4.69, 9.17) is 17.0 Å². The maximum atomic E-state index is 11.8. The number of ether oxygens (including phenoxy) is 1. The van der Waals surface area contributed by atoms with E-state index in [2.05, 4.69) is 45.5 Å². The Hall–Kier alpha value is -2.15. The number of carbonyl (C=O) groups is 1. The van der Waals surface area contributed by atoms with Crippen molar-refractivity contribution in [3.63, 3.8) is 0 Å². The maximum absolute atomic E-state index is 11.8. The lowest BCUT2D eigenvalue weighted by atomic mass is 10.1. The molecule has 0 radical (unpaired) electrons. The number of hydrogen-bond acceptors (Lipinski definition) is 4. The van der Waals surface area contributed by atoms with Gasteiger partial charge in [0.15, 0.2) is 0 Å². The third-order valence-corrected chi connectivity index (χ3v) is 5.94. The summed E-state index contributed by atoms with van der Waals surface area (Å²) < 4.78 is 7.34. The quantitative estimate of drug-likeness (QED) is 0.406. The Kier molecular flexibility index (Phi) is 5.29. The monoisotopic (exact) mass is 455 g/mol. The molecule has 1 amide bonds. The topological polar surface area (TPSA) is 38.3 Å². The number of thioether (sulfide) groups is 1. The predicted molar refractivity (Wildman–Crippen MR) is 119 cm³/mol. The summed E-state index contributed by atoms with van der Waals surface area (Å²) in [7, 11) is 0. The largest absolute Gasteiger partial charge is 0.488 e. The highest BCUT2D eigenvalue weighted by atomic mass is 79.9. The van der Waals surface area contributed by atoms with Crippen LogP contribution in [-0.4, -0.2) is 10.2 Å². The highest BCUT2D eigenvalue weighted by molar-refractivity contribution is 9.10. The maximum Gasteiger partial charge on any atom is 0.263 e. The van der Waals surface area contributed by atoms with Crippen molar-refractivity contribution in [3.8, 4) is 5.75 Å². The zero-order valence-corrected chi connectivity index (χ0v) is 17.3. The first kappa shape index (κ1) is 18.2. The molecule has 1 fully saturated rings. The molecule has 1 heterocycles. The minimum Gasteiger partial charge on any atom is -0.488 e. The molecule has 0 atom stereocenters. The number of hydrogen-bond donors (Lipinski definition) is 1. The molecule has 3 nitrogen and oxygen atoms in total. The Bertz CT molecular complexity index is 1090. The molecule has 3 aromatic carbocycles. The number of rotatable bonds is 4. The normalized spacial score (nSPS) is 15.4. The second-order valence-electron chi connectivity index (χ2n) is 5.97. The summed E-state index contributed by atoms with van der Waals surface area (Å²) in [6.07, 6.45) is 1.82. The Labute approximate surface area is 174 Å². The van der Waals surface area contributed by atoms with Gasteiger partial charge in [-0.25, -0.2) is 0 Å². The van der Waals surface area contributed by atoms with Gasteiger partial charge in [0, 0.05) is 0 Å². The van der Waals surface area contributed by atoms with Crippen LogP contribution in [0.1, 0.15) is 11.1 Å². The molecule has 0 unspecified atom stereocenters. The van der Waals surface area contributed by atoms with Crippen molar-refractivity contribution in [1.29, 1.82) is 0 Å². The van der Waals surface area contributed by atoms with Gasteiger partial charge in [-0.3, -0.25) is 4.79 Å². The highest BCUT2D eigenvalue weighted by Gasteiger charge is 2.22. The van der Waals surface area contributed by atoms with Gasteiger partial charge in [0.2, 0.25) is 0 Å². The Balaban J connectivity index is 1.52. The lowest BCUT2D eigenvalue weighted by molar-refractivity contribution is -0.115. The predicted octanol–water partition coefficient (Wildman–Crippen LogP) is 5.67. The van der Waals surface area contributed by atoms with E-state index in [1.54, 1.807) is 0 Å². The molecule has 0 aromatic heterocycles. The summed E-state index contributed by atoms with van der Waals surface area (Å²) in [5.41, 5.74) is 2.04. The van der Waals surface area contributed by atoms with E-state index in [1.165, 1.54) is 22.5 Å². The molecule has 1 aliphatic rings. The van der Waals surface area contributed by atoms with Crippen LogP contribution in [0.5, 0.6) is 5.75 Å². The number of halogens is 1. The third kappa shape index (κ3) is 4.08. The lowest BCUT2D eigenvalue weighted by Gasteiger charge is -2.11. The van der Waals surface area contributed by atoms with Crippen LogP contribution in [0.4, 0.5) is 0 Å². The van der Waals surface area contributed by atoms with Crippen LogP contribution in [0.15, 0.2) is 70.0 Å². The molecule has 0 saturated carbocycles. The van der Waals surface area contributed by atoms with Gasteiger partial charge in [0.25, 0.3) is 5.91 Å². The average Bonchev–Trinajstić information content (AvgIpc) is 2.98. The van der Waals surface area contributed by atoms with Crippen molar-refractivity contribution in [2.24, 2.45) is 0 Å². The first-order valence-electron chi connectivity index (χ1n) is 8.24. The van der Waals surface area contributed by atoms with Crippen LogP contribution in [0.3, 0.4) is 0 Å². The first-order valence-corrected chi connectivity index (χ1v) is 10.3. The number of amides is 1. The molecule has 1 saturated heterocycles. The lowest BCUT2D eigenvalue weighted by Crippen LogP contribution is -2.17. The van der Waals surface area contributed by atoms with Gasteiger partial charge in [0.1, 0.15) is 16.7 Å². The van der Waals surface area contributed by atoms with Gasteiger partial charge < -0.3 is 10.1 Å². The standard InChI is InChI=1S/C21H14BrNO2S2/c22-17-10-13(11-19-20(24)23-21(26)27-19)8-9-18(17)25-12-15-6-3-5-14-4-1-2-7-16(14)15/h1-11H,12H2,(H,23,24,26)/b19-11+. The summed E-state index contributed by atoms with van der Waals surface area (Å²) in [6.45, 7) is 0.479. The van der Waals surface area contributed by atoms with E-state index in [1.807, 2.05) is 42.5 Å². The van der Waals surface area contributed by atoms with Crippen LogP contribution in [0, 0.1) is 0 Å². The van der Waals surface area contributed by atoms with Crippen molar-refractivity contribution in [1.82, 2.24) is 5.32 Å². The van der Waals surface area contributed by atoms with Crippen molar-refractivity contribution in [3.05, 3.63) is 81.2 Å². The Morgan fingerprint density at radius 2 is 1.93 bits per heavy atom. The van der Waals surface area contributed by atoms with Gasteiger partial charge in [-0.2, -0.15) is 0 Å². The smallest absolute Gasteiger partial charge is 0.263 e. The summed E-state index contributed by atoms with van der Waals surface area (Å²) in [5, 5.41) is 5.01. The SMILES string of the molecule is O=C1NC(=S)S/C1=C/c1ccc(OCc2cccc3ccccc23)c(Br)c1. The van der Waals surface area contributed by atoms with Crippen molar-refractivity contribution in [2.75, 3.05) is 0 Å². The van der Waals surface area contributed by atoms with Crippen LogP contribution < -0.4 is 10.1 Å². The fourth-order valence-electron chi connectivity index (χ4n) is 2.87. The number of fused-ring (bicyclic) bond motifs is 1. The van der Waals surface area contributed by atoms with Gasteiger partial charge in [-0.05, 0) is 56.0 Å². The number of thiocarbonyl (C=S) groups is 1. The Morgan fingerprint density at radius 3 is 2.70 bits per heavy atom. The van der Waals surface area contributed by atoms with Gasteiger partial charge in [-0.1, -0.05) is 72.5 Å². The second kappa shape index (κ2) is 7.84. The third-order valence-electron chi connectivity index (χ3n) is 4.16. The number of nitrogens with one attached hydrogen (secondary N) is 1. The van der Waals surface area contributed by atoms with Gasteiger partial charge in [-0.15, -0.1) is 0 Å². The van der Waals surface area contributed by atoms with E-state index >= 15 is 0 Å². The molecule has 0 bridgehead atoms. The molecule has 3 aromatic rings. The molecule has 134 valence electrons. The zero-order chi connectivity index (χ0) is 18.8. The molecule has 4 rings (SSSR count). The summed E-state index contributed by atoms with van der Waals surface area (Å²) in [6, 6.07) is 20.2. The van der Waals surface area contributed by atoms with Crippen molar-refractivity contribution >= 4 is 67.0 Å².